The predicted octanol–water partition coefficient (Wildman–Crippen LogP) is 2.54. The van der Waals surface area contributed by atoms with Crippen molar-refractivity contribution in [3.05, 3.63) is 24.3 Å². The maximum Gasteiger partial charge on any atom is 0.121 e. The van der Waals surface area contributed by atoms with Gasteiger partial charge in [-0.25, -0.2) is 0 Å². The number of unbranched alkanes of at least 4 members (excludes halogenated alkanes) is 1. The molecule has 1 aromatic carbocycles. The van der Waals surface area contributed by atoms with Gasteiger partial charge in [-0.2, -0.15) is 0 Å². The molecular weight excluding hydrogens is 252 g/mol. The van der Waals surface area contributed by atoms with Crippen molar-refractivity contribution < 1.29 is 9.47 Å². The Morgan fingerprint density at radius 1 is 1.10 bits per heavy atom. The SMILES string of the molecule is CCOCCCCNCCOc1cccc(N(C)C)c1. The average molecular weight is 280 g/mol. The van der Waals surface area contributed by atoms with Crippen molar-refractivity contribution in [2.75, 3.05) is 51.9 Å². The number of benzene rings is 1. The Bertz CT molecular complexity index is 356. The van der Waals surface area contributed by atoms with E-state index in [1.165, 1.54) is 0 Å². The monoisotopic (exact) mass is 280 g/mol. The van der Waals surface area contributed by atoms with Gasteiger partial charge < -0.3 is 19.7 Å². The van der Waals surface area contributed by atoms with Gasteiger partial charge in [-0.3, -0.25) is 0 Å². The summed E-state index contributed by atoms with van der Waals surface area (Å²) in [6.07, 6.45) is 2.27. The molecule has 0 heterocycles. The summed E-state index contributed by atoms with van der Waals surface area (Å²) in [5.41, 5.74) is 1.16. The third-order valence-corrected chi connectivity index (χ3v) is 2.98. The highest BCUT2D eigenvalue weighted by atomic mass is 16.5. The van der Waals surface area contributed by atoms with E-state index in [0.717, 1.165) is 50.6 Å². The molecule has 20 heavy (non-hydrogen) atoms. The molecule has 0 saturated carbocycles. The summed E-state index contributed by atoms with van der Waals surface area (Å²) in [6.45, 7) is 6.30. The molecule has 1 rings (SSSR count). The van der Waals surface area contributed by atoms with Crippen molar-refractivity contribution in [1.82, 2.24) is 5.32 Å². The van der Waals surface area contributed by atoms with Crippen LogP contribution in [0.15, 0.2) is 24.3 Å². The van der Waals surface area contributed by atoms with Gasteiger partial charge in [-0.1, -0.05) is 6.07 Å². The van der Waals surface area contributed by atoms with E-state index in [9.17, 15) is 0 Å². The zero-order chi connectivity index (χ0) is 14.6. The van der Waals surface area contributed by atoms with Crippen LogP contribution >= 0.6 is 0 Å². The molecule has 0 fully saturated rings. The van der Waals surface area contributed by atoms with Crippen LogP contribution in [0.3, 0.4) is 0 Å². The molecule has 0 amide bonds. The molecule has 0 atom stereocenters. The molecule has 1 N–H and O–H groups in total. The van der Waals surface area contributed by atoms with E-state index in [2.05, 4.69) is 22.3 Å². The van der Waals surface area contributed by atoms with Crippen LogP contribution in [0, 0.1) is 0 Å². The molecule has 0 aliphatic carbocycles. The highest BCUT2D eigenvalue weighted by Crippen LogP contribution is 2.18. The van der Waals surface area contributed by atoms with E-state index in [-0.39, 0.29) is 0 Å². The van der Waals surface area contributed by atoms with Crippen LogP contribution in [0.4, 0.5) is 5.69 Å². The van der Waals surface area contributed by atoms with Gasteiger partial charge in [0, 0.05) is 45.6 Å². The van der Waals surface area contributed by atoms with Gasteiger partial charge in [0.1, 0.15) is 12.4 Å². The normalized spacial score (nSPS) is 10.6. The van der Waals surface area contributed by atoms with Crippen LogP contribution in [-0.2, 0) is 4.74 Å². The maximum atomic E-state index is 5.73. The molecule has 0 aromatic heterocycles. The Hall–Kier alpha value is -1.26. The first-order valence-electron chi connectivity index (χ1n) is 7.42. The van der Waals surface area contributed by atoms with Crippen LogP contribution in [-0.4, -0.2) is 47.0 Å². The number of nitrogens with zero attached hydrogens (tertiary/aromatic N) is 1. The van der Waals surface area contributed by atoms with Gasteiger partial charge in [0.05, 0.1) is 0 Å². The highest BCUT2D eigenvalue weighted by molar-refractivity contribution is 5.49. The summed E-state index contributed by atoms with van der Waals surface area (Å²) in [4.78, 5) is 2.07. The van der Waals surface area contributed by atoms with E-state index in [1.54, 1.807) is 0 Å². The topological polar surface area (TPSA) is 33.7 Å². The average Bonchev–Trinajstić information content (AvgIpc) is 2.46. The maximum absolute atomic E-state index is 5.73. The molecule has 0 saturated heterocycles. The molecule has 4 nitrogen and oxygen atoms in total. The molecule has 0 radical (unpaired) electrons. The Morgan fingerprint density at radius 3 is 2.70 bits per heavy atom. The van der Waals surface area contributed by atoms with Crippen molar-refractivity contribution in [1.29, 1.82) is 0 Å². The van der Waals surface area contributed by atoms with Gasteiger partial charge in [0.2, 0.25) is 0 Å². The molecule has 0 aliphatic rings. The van der Waals surface area contributed by atoms with Crippen molar-refractivity contribution in [2.45, 2.75) is 19.8 Å². The van der Waals surface area contributed by atoms with Crippen LogP contribution in [0.1, 0.15) is 19.8 Å². The van der Waals surface area contributed by atoms with Crippen LogP contribution < -0.4 is 15.0 Å². The standard InChI is InChI=1S/C16H28N2O2/c1-4-19-12-6-5-10-17-11-13-20-16-9-7-8-15(14-16)18(2)3/h7-9,14,17H,4-6,10-13H2,1-3H3. The quantitative estimate of drug-likeness (QED) is 0.632. The summed E-state index contributed by atoms with van der Waals surface area (Å²) in [5.74, 6) is 0.925. The number of nitrogens with one attached hydrogen (secondary N) is 1. The van der Waals surface area contributed by atoms with Crippen LogP contribution in [0.5, 0.6) is 5.75 Å². The molecule has 0 unspecified atom stereocenters. The second-order valence-electron chi connectivity index (χ2n) is 4.89. The number of anilines is 1. The molecule has 0 bridgehead atoms. The lowest BCUT2D eigenvalue weighted by Gasteiger charge is -2.14. The summed E-state index contributed by atoms with van der Waals surface area (Å²) in [5, 5.41) is 3.38. The zero-order valence-electron chi connectivity index (χ0n) is 13.0. The lowest BCUT2D eigenvalue weighted by molar-refractivity contribution is 0.143. The predicted molar refractivity (Wildman–Crippen MR) is 84.9 cm³/mol. The minimum atomic E-state index is 0.697. The Labute approximate surface area is 123 Å². The van der Waals surface area contributed by atoms with Crippen molar-refractivity contribution in [3.8, 4) is 5.75 Å². The molecular formula is C16H28N2O2. The van der Waals surface area contributed by atoms with Crippen molar-refractivity contribution >= 4 is 5.69 Å². The molecule has 1 aromatic rings. The first-order valence-corrected chi connectivity index (χ1v) is 7.42. The third kappa shape index (κ3) is 7.36. The summed E-state index contributed by atoms with van der Waals surface area (Å²) < 4.78 is 11.0. The highest BCUT2D eigenvalue weighted by Gasteiger charge is 1.98. The van der Waals surface area contributed by atoms with E-state index >= 15 is 0 Å². The number of hydrogen-bond donors (Lipinski definition) is 1. The second-order valence-corrected chi connectivity index (χ2v) is 4.89. The summed E-state index contributed by atoms with van der Waals surface area (Å²) in [6, 6.07) is 8.15. The second kappa shape index (κ2) is 10.5. The van der Waals surface area contributed by atoms with E-state index < -0.39 is 0 Å². The third-order valence-electron chi connectivity index (χ3n) is 2.98. The molecule has 4 heteroatoms. The van der Waals surface area contributed by atoms with Crippen LogP contribution in [0.25, 0.3) is 0 Å². The summed E-state index contributed by atoms with van der Waals surface area (Å²) in [7, 11) is 4.06. The smallest absolute Gasteiger partial charge is 0.121 e. The van der Waals surface area contributed by atoms with Gasteiger partial charge >= 0.3 is 0 Å². The zero-order valence-corrected chi connectivity index (χ0v) is 13.0. The van der Waals surface area contributed by atoms with Gasteiger partial charge in [-0.05, 0) is 38.4 Å². The Balaban J connectivity index is 2.05. The van der Waals surface area contributed by atoms with Crippen LogP contribution in [0.2, 0.25) is 0 Å². The first-order chi connectivity index (χ1) is 9.74. The lowest BCUT2D eigenvalue weighted by atomic mass is 10.3. The minimum Gasteiger partial charge on any atom is -0.492 e. The fourth-order valence-electron chi connectivity index (χ4n) is 1.82. The van der Waals surface area contributed by atoms with E-state index in [0.29, 0.717) is 6.61 Å². The minimum absolute atomic E-state index is 0.697. The Morgan fingerprint density at radius 2 is 1.95 bits per heavy atom. The number of rotatable bonds is 11. The van der Waals surface area contributed by atoms with E-state index in [4.69, 9.17) is 9.47 Å². The molecule has 0 aliphatic heterocycles. The molecule has 114 valence electrons. The first kappa shape index (κ1) is 16.8. The van der Waals surface area contributed by atoms with Gasteiger partial charge in [0.15, 0.2) is 0 Å². The fraction of sp³-hybridized carbons (Fsp3) is 0.625. The van der Waals surface area contributed by atoms with Crippen molar-refractivity contribution in [2.24, 2.45) is 0 Å². The van der Waals surface area contributed by atoms with Gasteiger partial charge in [0.25, 0.3) is 0 Å². The number of ether oxygens (including phenoxy) is 2. The molecule has 0 spiro atoms. The van der Waals surface area contributed by atoms with Gasteiger partial charge in [-0.15, -0.1) is 0 Å². The number of hydrogen-bond acceptors (Lipinski definition) is 4. The van der Waals surface area contributed by atoms with E-state index in [1.807, 2.05) is 33.2 Å². The lowest BCUT2D eigenvalue weighted by Crippen LogP contribution is -2.22. The fourth-order valence-corrected chi connectivity index (χ4v) is 1.82. The Kier molecular flexibility index (Phi) is 8.83. The largest absolute Gasteiger partial charge is 0.492 e. The summed E-state index contributed by atoms with van der Waals surface area (Å²) >= 11 is 0. The van der Waals surface area contributed by atoms with Crippen molar-refractivity contribution in [3.63, 3.8) is 0 Å².